The van der Waals surface area contributed by atoms with Crippen LogP contribution in [0.25, 0.3) is 0 Å². The molecule has 0 bridgehead atoms. The highest BCUT2D eigenvalue weighted by Gasteiger charge is 2.23. The molecule has 3 aromatic rings. The molecule has 10 nitrogen and oxygen atoms in total. The Bertz CT molecular complexity index is 1210. The summed E-state index contributed by atoms with van der Waals surface area (Å²) in [5, 5.41) is 12.9. The number of rotatable bonds is 9. The van der Waals surface area contributed by atoms with Gasteiger partial charge in [-0.1, -0.05) is 35.1 Å². The van der Waals surface area contributed by atoms with E-state index in [2.05, 4.69) is 25.6 Å². The molecule has 1 heterocycles. The minimum atomic E-state index is -4.16. The van der Waals surface area contributed by atoms with Crippen LogP contribution >= 0.6 is 22.9 Å². The molecule has 0 saturated carbocycles. The van der Waals surface area contributed by atoms with Gasteiger partial charge >= 0.3 is 0 Å². The van der Waals surface area contributed by atoms with Gasteiger partial charge in [0.05, 0.1) is 17.9 Å². The van der Waals surface area contributed by atoms with Crippen LogP contribution in [0.2, 0.25) is 5.02 Å². The van der Waals surface area contributed by atoms with Gasteiger partial charge in [-0.3, -0.25) is 19.6 Å². The molecule has 3 N–H and O–H groups in total. The molecular formula is C19H18ClN5O5S2. The number of nitrogens with one attached hydrogen (secondary N) is 3. The van der Waals surface area contributed by atoms with E-state index in [4.69, 9.17) is 16.3 Å². The van der Waals surface area contributed by atoms with Crippen molar-refractivity contribution in [1.29, 1.82) is 0 Å². The van der Waals surface area contributed by atoms with E-state index >= 15 is 0 Å². The fourth-order valence-corrected chi connectivity index (χ4v) is 4.56. The number of para-hydroxylation sites is 1. The van der Waals surface area contributed by atoms with Crippen LogP contribution in [0.5, 0.6) is 0 Å². The molecular weight excluding hydrogens is 478 g/mol. The number of hydrogen-bond donors (Lipinski definition) is 3. The first-order valence-electron chi connectivity index (χ1n) is 9.09. The lowest BCUT2D eigenvalue weighted by Gasteiger charge is -2.11. The Morgan fingerprint density at radius 3 is 2.50 bits per heavy atom. The van der Waals surface area contributed by atoms with Crippen molar-refractivity contribution in [2.24, 2.45) is 0 Å². The first-order chi connectivity index (χ1) is 15.3. The first kappa shape index (κ1) is 23.6. The minimum Gasteiger partial charge on any atom is -0.383 e. The van der Waals surface area contributed by atoms with Gasteiger partial charge in [-0.15, -0.1) is 10.2 Å². The number of carbonyl (C=O) groups is 2. The molecule has 0 radical (unpaired) electrons. The number of carbonyl (C=O) groups excluding carboxylic acids is 2. The van der Waals surface area contributed by atoms with Crippen molar-refractivity contribution in [2.75, 3.05) is 30.3 Å². The third-order valence-corrected chi connectivity index (χ3v) is 6.79. The van der Waals surface area contributed by atoms with Gasteiger partial charge in [0.2, 0.25) is 5.13 Å². The molecule has 2 amide bonds. The Labute approximate surface area is 193 Å². The summed E-state index contributed by atoms with van der Waals surface area (Å²) in [5.74, 6) is -0.957. The SMILES string of the molecule is COCCNC(=O)c1ccccc1NS(=O)(=O)c1nnc(NC(=O)c2ccc(Cl)cc2)s1. The Balaban J connectivity index is 1.73. The maximum atomic E-state index is 12.8. The average Bonchev–Trinajstić information content (AvgIpc) is 3.24. The van der Waals surface area contributed by atoms with Crippen molar-refractivity contribution < 1.29 is 22.7 Å². The highest BCUT2D eigenvalue weighted by Crippen LogP contribution is 2.25. The number of anilines is 2. The van der Waals surface area contributed by atoms with Gasteiger partial charge < -0.3 is 10.1 Å². The maximum Gasteiger partial charge on any atom is 0.291 e. The number of ether oxygens (including phenoxy) is 1. The summed E-state index contributed by atoms with van der Waals surface area (Å²) in [7, 11) is -2.66. The summed E-state index contributed by atoms with van der Waals surface area (Å²) < 4.78 is 32.4. The summed E-state index contributed by atoms with van der Waals surface area (Å²) >= 11 is 6.47. The molecule has 0 aliphatic rings. The predicted molar refractivity (Wildman–Crippen MR) is 121 cm³/mol. The third-order valence-electron chi connectivity index (χ3n) is 3.97. The lowest BCUT2D eigenvalue weighted by Crippen LogP contribution is -2.28. The molecule has 0 saturated heterocycles. The molecule has 32 heavy (non-hydrogen) atoms. The summed E-state index contributed by atoms with van der Waals surface area (Å²) in [6.45, 7) is 0.582. The van der Waals surface area contributed by atoms with Crippen molar-refractivity contribution in [2.45, 2.75) is 4.34 Å². The van der Waals surface area contributed by atoms with Gasteiger partial charge in [0, 0.05) is 24.2 Å². The van der Waals surface area contributed by atoms with Crippen LogP contribution in [0.3, 0.4) is 0 Å². The predicted octanol–water partition coefficient (Wildman–Crippen LogP) is 2.62. The fraction of sp³-hybridized carbons (Fsp3) is 0.158. The Morgan fingerprint density at radius 2 is 1.78 bits per heavy atom. The summed E-state index contributed by atoms with van der Waals surface area (Å²) in [6, 6.07) is 12.3. The van der Waals surface area contributed by atoms with Crippen LogP contribution in [-0.4, -0.2) is 50.7 Å². The van der Waals surface area contributed by atoms with E-state index in [-0.39, 0.29) is 27.3 Å². The van der Waals surface area contributed by atoms with Crippen LogP contribution in [-0.2, 0) is 14.8 Å². The van der Waals surface area contributed by atoms with Crippen LogP contribution in [0.4, 0.5) is 10.8 Å². The second-order valence-corrected chi connectivity index (χ2v) is 9.50. The molecule has 1 aromatic heterocycles. The second kappa shape index (κ2) is 10.5. The smallest absolute Gasteiger partial charge is 0.291 e. The molecule has 168 valence electrons. The molecule has 0 atom stereocenters. The van der Waals surface area contributed by atoms with E-state index in [1.165, 1.54) is 31.4 Å². The van der Waals surface area contributed by atoms with Gasteiger partial charge in [-0.2, -0.15) is 8.42 Å². The van der Waals surface area contributed by atoms with Gasteiger partial charge in [-0.05, 0) is 36.4 Å². The largest absolute Gasteiger partial charge is 0.383 e. The number of aromatic nitrogens is 2. The van der Waals surface area contributed by atoms with E-state index in [0.29, 0.717) is 28.5 Å². The number of methoxy groups -OCH3 is 1. The summed E-state index contributed by atoms with van der Waals surface area (Å²) in [6.07, 6.45) is 0. The van der Waals surface area contributed by atoms with E-state index in [1.807, 2.05) is 0 Å². The topological polar surface area (TPSA) is 139 Å². The maximum absolute atomic E-state index is 12.8. The molecule has 13 heteroatoms. The quantitative estimate of drug-likeness (QED) is 0.306. The Kier molecular flexibility index (Phi) is 7.75. The van der Waals surface area contributed by atoms with Gasteiger partial charge in [0.25, 0.3) is 26.2 Å². The van der Waals surface area contributed by atoms with Crippen molar-refractivity contribution in [3.63, 3.8) is 0 Å². The summed E-state index contributed by atoms with van der Waals surface area (Å²) in [5.41, 5.74) is 0.526. The van der Waals surface area contributed by atoms with E-state index in [0.717, 1.165) is 0 Å². The fourth-order valence-electron chi connectivity index (χ4n) is 2.46. The Hall–Kier alpha value is -3.06. The number of hydrogen-bond acceptors (Lipinski definition) is 8. The van der Waals surface area contributed by atoms with E-state index in [1.54, 1.807) is 24.3 Å². The van der Waals surface area contributed by atoms with Crippen molar-refractivity contribution in [3.8, 4) is 0 Å². The molecule has 0 spiro atoms. The monoisotopic (exact) mass is 495 g/mol. The second-order valence-electron chi connectivity index (χ2n) is 6.23. The van der Waals surface area contributed by atoms with Gasteiger partial charge in [-0.25, -0.2) is 0 Å². The molecule has 0 aliphatic carbocycles. The van der Waals surface area contributed by atoms with E-state index < -0.39 is 21.8 Å². The molecule has 0 unspecified atom stereocenters. The number of nitrogens with zero attached hydrogens (tertiary/aromatic N) is 2. The first-order valence-corrected chi connectivity index (χ1v) is 11.8. The minimum absolute atomic E-state index is 0.00378. The zero-order valence-corrected chi connectivity index (χ0v) is 19.1. The van der Waals surface area contributed by atoms with Gasteiger partial charge in [0.15, 0.2) is 0 Å². The van der Waals surface area contributed by atoms with Crippen molar-refractivity contribution in [3.05, 3.63) is 64.7 Å². The van der Waals surface area contributed by atoms with Gasteiger partial charge in [0.1, 0.15) is 0 Å². The highest BCUT2D eigenvalue weighted by molar-refractivity contribution is 7.94. The zero-order chi connectivity index (χ0) is 23.1. The highest BCUT2D eigenvalue weighted by atomic mass is 35.5. The van der Waals surface area contributed by atoms with Crippen molar-refractivity contribution in [1.82, 2.24) is 15.5 Å². The lowest BCUT2D eigenvalue weighted by atomic mass is 10.2. The lowest BCUT2D eigenvalue weighted by molar-refractivity contribution is 0.0937. The van der Waals surface area contributed by atoms with Crippen molar-refractivity contribution >= 4 is 55.6 Å². The number of benzene rings is 2. The molecule has 0 aliphatic heterocycles. The van der Waals surface area contributed by atoms with Crippen LogP contribution < -0.4 is 15.4 Å². The number of sulfonamides is 1. The summed E-state index contributed by atoms with van der Waals surface area (Å²) in [4.78, 5) is 24.6. The average molecular weight is 496 g/mol. The number of amides is 2. The van der Waals surface area contributed by atoms with Crippen LogP contribution in [0, 0.1) is 0 Å². The van der Waals surface area contributed by atoms with E-state index in [9.17, 15) is 18.0 Å². The molecule has 3 rings (SSSR count). The normalized spacial score (nSPS) is 11.1. The van der Waals surface area contributed by atoms with Crippen LogP contribution in [0.1, 0.15) is 20.7 Å². The number of halogens is 1. The standard InChI is InChI=1S/C19H18ClN5O5S2/c1-30-11-10-21-17(27)14-4-2-3-5-15(14)25-32(28,29)19-24-23-18(31-19)22-16(26)12-6-8-13(20)9-7-12/h2-9,25H,10-11H2,1H3,(H,21,27)(H,22,23,26). The zero-order valence-electron chi connectivity index (χ0n) is 16.7. The Morgan fingerprint density at radius 1 is 1.06 bits per heavy atom. The third kappa shape index (κ3) is 6.01. The molecule has 2 aromatic carbocycles. The van der Waals surface area contributed by atoms with Crippen LogP contribution in [0.15, 0.2) is 52.9 Å². The molecule has 0 fully saturated rings.